The molecule has 0 unspecified atom stereocenters. The maximum atomic E-state index is 13.3. The average molecular weight is 440 g/mol. The third kappa shape index (κ3) is 4.39. The van der Waals surface area contributed by atoms with E-state index < -0.39 is 0 Å². The Bertz CT molecular complexity index is 1100. The largest absolute Gasteiger partial charge is 0.496 e. The van der Waals surface area contributed by atoms with Gasteiger partial charge in [0.25, 0.3) is 11.8 Å². The number of aromatic amines is 1. The van der Waals surface area contributed by atoms with Gasteiger partial charge in [0.15, 0.2) is 5.82 Å². The highest BCUT2D eigenvalue weighted by Gasteiger charge is 2.40. The number of aromatic nitrogens is 3. The molecular weight excluding hydrogens is 418 g/mol. The number of H-pyrrole nitrogens is 1. The molecule has 1 aliphatic rings. The van der Waals surface area contributed by atoms with Crippen LogP contribution >= 0.6 is 11.6 Å². The van der Waals surface area contributed by atoms with E-state index in [4.69, 9.17) is 16.3 Å². The summed E-state index contributed by atoms with van der Waals surface area (Å²) in [5.74, 6) is 0.974. The zero-order valence-electron chi connectivity index (χ0n) is 17.1. The highest BCUT2D eigenvalue weighted by molar-refractivity contribution is 6.31. The second-order valence-corrected chi connectivity index (χ2v) is 7.82. The third-order valence-electron chi connectivity index (χ3n) is 5.30. The van der Waals surface area contributed by atoms with Gasteiger partial charge in [-0.3, -0.25) is 14.7 Å². The van der Waals surface area contributed by atoms with Crippen molar-refractivity contribution in [3.8, 4) is 5.75 Å². The van der Waals surface area contributed by atoms with Crippen molar-refractivity contribution in [3.05, 3.63) is 76.3 Å². The summed E-state index contributed by atoms with van der Waals surface area (Å²) in [7, 11) is 1.51. The van der Waals surface area contributed by atoms with Crippen molar-refractivity contribution in [1.29, 1.82) is 0 Å². The van der Waals surface area contributed by atoms with Crippen molar-refractivity contribution in [2.24, 2.45) is 0 Å². The number of rotatable bonds is 5. The van der Waals surface area contributed by atoms with E-state index in [0.717, 1.165) is 0 Å². The van der Waals surface area contributed by atoms with Crippen LogP contribution in [0.5, 0.6) is 5.75 Å². The topological polar surface area (TPSA) is 100 Å². The molecule has 0 aliphatic carbocycles. The number of hydrogen-bond acceptors (Lipinski definition) is 5. The summed E-state index contributed by atoms with van der Waals surface area (Å²) in [5, 5.41) is 10.6. The van der Waals surface area contributed by atoms with Gasteiger partial charge in [0, 0.05) is 23.7 Å². The third-order valence-corrected chi connectivity index (χ3v) is 5.53. The molecule has 2 amide bonds. The number of nitrogens with one attached hydrogen (secondary N) is 2. The number of aryl methyl sites for hydroxylation is 1. The summed E-state index contributed by atoms with van der Waals surface area (Å²) in [6.45, 7) is 2.47. The lowest BCUT2D eigenvalue weighted by Crippen LogP contribution is -2.40. The molecule has 2 atom stereocenters. The lowest BCUT2D eigenvalue weighted by atomic mass is 10.0. The molecule has 1 aromatic heterocycles. The van der Waals surface area contributed by atoms with Gasteiger partial charge in [-0.1, -0.05) is 29.8 Å². The molecule has 0 spiro atoms. The minimum Gasteiger partial charge on any atom is -0.496 e. The van der Waals surface area contributed by atoms with E-state index in [9.17, 15) is 9.59 Å². The Morgan fingerprint density at radius 3 is 2.65 bits per heavy atom. The van der Waals surface area contributed by atoms with Gasteiger partial charge < -0.3 is 15.0 Å². The molecule has 9 heteroatoms. The lowest BCUT2D eigenvalue weighted by Gasteiger charge is -2.19. The van der Waals surface area contributed by atoms with Crippen LogP contribution in [0.4, 0.5) is 0 Å². The van der Waals surface area contributed by atoms with Crippen LogP contribution in [0.3, 0.4) is 0 Å². The highest BCUT2D eigenvalue weighted by atomic mass is 35.5. The van der Waals surface area contributed by atoms with Gasteiger partial charge >= 0.3 is 0 Å². The van der Waals surface area contributed by atoms with Crippen LogP contribution in [-0.4, -0.2) is 58.1 Å². The number of methoxy groups -OCH3 is 1. The zero-order valence-corrected chi connectivity index (χ0v) is 17.9. The number of ether oxygens (including phenoxy) is 1. The fourth-order valence-corrected chi connectivity index (χ4v) is 3.93. The first-order valence-corrected chi connectivity index (χ1v) is 10.2. The van der Waals surface area contributed by atoms with Crippen molar-refractivity contribution in [2.75, 3.05) is 20.2 Å². The molecule has 2 heterocycles. The number of likely N-dealkylation sites (tertiary alicyclic amines) is 1. The molecule has 2 N–H and O–H groups in total. The average Bonchev–Trinajstić information content (AvgIpc) is 3.40. The van der Waals surface area contributed by atoms with Gasteiger partial charge in [-0.05, 0) is 37.3 Å². The number of amides is 2. The summed E-state index contributed by atoms with van der Waals surface area (Å²) in [4.78, 5) is 32.2. The predicted octanol–water partition coefficient (Wildman–Crippen LogP) is 2.81. The normalized spacial score (nSPS) is 18.1. The monoisotopic (exact) mass is 439 g/mol. The van der Waals surface area contributed by atoms with E-state index in [1.807, 2.05) is 13.0 Å². The lowest BCUT2D eigenvalue weighted by molar-refractivity contribution is 0.0779. The summed E-state index contributed by atoms with van der Waals surface area (Å²) in [6.07, 6.45) is 0. The smallest absolute Gasteiger partial charge is 0.257 e. The van der Waals surface area contributed by atoms with Gasteiger partial charge in [-0.2, -0.15) is 5.10 Å². The molecule has 2 aromatic carbocycles. The highest BCUT2D eigenvalue weighted by Crippen LogP contribution is 2.30. The van der Waals surface area contributed by atoms with Gasteiger partial charge in [0.05, 0.1) is 24.6 Å². The van der Waals surface area contributed by atoms with Crippen LogP contribution in [0.25, 0.3) is 0 Å². The van der Waals surface area contributed by atoms with Crippen LogP contribution in [-0.2, 0) is 0 Å². The Morgan fingerprint density at radius 2 is 1.97 bits per heavy atom. The van der Waals surface area contributed by atoms with Gasteiger partial charge in [-0.25, -0.2) is 4.98 Å². The molecule has 8 nitrogen and oxygen atoms in total. The van der Waals surface area contributed by atoms with E-state index in [1.165, 1.54) is 7.11 Å². The summed E-state index contributed by atoms with van der Waals surface area (Å²) < 4.78 is 5.34. The summed E-state index contributed by atoms with van der Waals surface area (Å²) in [6, 6.07) is 13.5. The van der Waals surface area contributed by atoms with E-state index in [0.29, 0.717) is 46.6 Å². The minimum atomic E-state index is -0.350. The maximum Gasteiger partial charge on any atom is 0.257 e. The van der Waals surface area contributed by atoms with Crippen LogP contribution in [0.2, 0.25) is 5.02 Å². The second-order valence-electron chi connectivity index (χ2n) is 7.39. The van der Waals surface area contributed by atoms with Crippen LogP contribution in [0.15, 0.2) is 48.5 Å². The second kappa shape index (κ2) is 8.77. The Morgan fingerprint density at radius 1 is 1.19 bits per heavy atom. The van der Waals surface area contributed by atoms with E-state index in [1.54, 1.807) is 47.4 Å². The molecule has 0 saturated carbocycles. The predicted molar refractivity (Wildman–Crippen MR) is 115 cm³/mol. The molecule has 1 fully saturated rings. The van der Waals surface area contributed by atoms with Crippen molar-refractivity contribution in [1.82, 2.24) is 25.4 Å². The molecule has 0 radical (unpaired) electrons. The van der Waals surface area contributed by atoms with Crippen molar-refractivity contribution in [3.63, 3.8) is 0 Å². The number of carbonyl (C=O) groups is 2. The molecule has 3 aromatic rings. The molecule has 1 saturated heterocycles. The molecule has 0 bridgehead atoms. The summed E-state index contributed by atoms with van der Waals surface area (Å²) in [5.41, 5.74) is 0.920. The molecular formula is C22H22ClN5O3. The number of carbonyl (C=O) groups excluding carboxylic acids is 2. The Balaban J connectivity index is 1.61. The van der Waals surface area contributed by atoms with Crippen molar-refractivity contribution >= 4 is 23.4 Å². The minimum absolute atomic E-state index is 0.211. The number of benzene rings is 2. The molecule has 31 heavy (non-hydrogen) atoms. The van der Waals surface area contributed by atoms with Crippen LogP contribution in [0, 0.1) is 6.92 Å². The molecule has 160 valence electrons. The fraction of sp³-hybridized carbons (Fsp3) is 0.273. The SMILES string of the molecule is COc1ccc(Cl)cc1C(=O)N1C[C@@H](NC(=O)c2ccccc2)[C@H](c2n[nH]c(C)n2)C1. The van der Waals surface area contributed by atoms with Gasteiger partial charge in [0.2, 0.25) is 0 Å². The maximum absolute atomic E-state index is 13.3. The van der Waals surface area contributed by atoms with Crippen LogP contribution < -0.4 is 10.1 Å². The van der Waals surface area contributed by atoms with Gasteiger partial charge in [-0.15, -0.1) is 0 Å². The first kappa shape index (κ1) is 20.9. The van der Waals surface area contributed by atoms with Crippen LogP contribution in [0.1, 0.15) is 38.3 Å². The standard InChI is InChI=1S/C22H22ClN5O3/c1-13-24-20(27-26-13)17-11-28(22(30)16-10-15(23)8-9-19(16)31-2)12-18(17)25-21(29)14-6-4-3-5-7-14/h3-10,17-18H,11-12H2,1-2H3,(H,25,29)(H,24,26,27)/t17-,18-/m1/s1. The van der Waals surface area contributed by atoms with Gasteiger partial charge in [0.1, 0.15) is 11.6 Å². The first-order chi connectivity index (χ1) is 15.0. The molecule has 4 rings (SSSR count). The Labute approximate surface area is 184 Å². The Hall–Kier alpha value is -3.39. The van der Waals surface area contributed by atoms with Crippen molar-refractivity contribution < 1.29 is 14.3 Å². The number of halogens is 1. The van der Waals surface area contributed by atoms with Crippen molar-refractivity contribution in [2.45, 2.75) is 18.9 Å². The first-order valence-electron chi connectivity index (χ1n) is 9.84. The zero-order chi connectivity index (χ0) is 22.0. The van der Waals surface area contributed by atoms with E-state index >= 15 is 0 Å². The quantitative estimate of drug-likeness (QED) is 0.636. The van der Waals surface area contributed by atoms with E-state index in [-0.39, 0.29) is 23.8 Å². The molecule has 1 aliphatic heterocycles. The fourth-order valence-electron chi connectivity index (χ4n) is 3.76. The van der Waals surface area contributed by atoms with E-state index in [2.05, 4.69) is 20.5 Å². The number of nitrogens with zero attached hydrogens (tertiary/aromatic N) is 3. The Kier molecular flexibility index (Phi) is 5.90. The number of hydrogen-bond donors (Lipinski definition) is 2. The summed E-state index contributed by atoms with van der Waals surface area (Å²) >= 11 is 6.11.